The average Bonchev–Trinajstić information content (AvgIpc) is 3.84. The van der Waals surface area contributed by atoms with Gasteiger partial charge in [0.1, 0.15) is 0 Å². The van der Waals surface area contributed by atoms with E-state index in [4.69, 9.17) is 0 Å². The largest absolute Gasteiger partial charge is 0.310 e. The third kappa shape index (κ3) is 4.82. The van der Waals surface area contributed by atoms with Gasteiger partial charge in [-0.15, -0.1) is 22.7 Å². The summed E-state index contributed by atoms with van der Waals surface area (Å²) >= 11 is 3.81. The molecule has 256 valence electrons. The fourth-order valence-electron chi connectivity index (χ4n) is 8.79. The van der Waals surface area contributed by atoms with E-state index in [1.165, 1.54) is 84.9 Å². The standard InChI is InChI=1S/C51H35NS2/c1-51(2)45-23-8-6-19-39(45)40-26-25-37(29-46(40)51)52(35-17-10-15-33(27-35)32-13-4-3-5-14-32)36-18-11-16-34(28-36)38-21-12-22-42-44-30-43-41-20-7-9-24-47(41)53-48(43)31-49(44)54-50(38)42/h3-31H,1-2H3. The monoisotopic (exact) mass is 725 g/mol. The number of anilines is 3. The molecule has 0 unspecified atom stereocenters. The summed E-state index contributed by atoms with van der Waals surface area (Å²) in [7, 11) is 0. The highest BCUT2D eigenvalue weighted by Gasteiger charge is 2.35. The van der Waals surface area contributed by atoms with Gasteiger partial charge in [-0.25, -0.2) is 0 Å². The Morgan fingerprint density at radius 3 is 1.85 bits per heavy atom. The second kappa shape index (κ2) is 12.0. The number of thiophene rings is 2. The third-order valence-electron chi connectivity index (χ3n) is 11.4. The van der Waals surface area contributed by atoms with Gasteiger partial charge < -0.3 is 4.90 Å². The van der Waals surface area contributed by atoms with Crippen LogP contribution in [0, 0.1) is 0 Å². The summed E-state index contributed by atoms with van der Waals surface area (Å²) in [5, 5.41) is 5.36. The highest BCUT2D eigenvalue weighted by Crippen LogP contribution is 2.51. The zero-order valence-electron chi connectivity index (χ0n) is 30.0. The number of benzene rings is 8. The van der Waals surface area contributed by atoms with Crippen molar-refractivity contribution in [3.8, 4) is 33.4 Å². The molecule has 1 nitrogen and oxygen atoms in total. The van der Waals surface area contributed by atoms with E-state index in [0.717, 1.165) is 17.1 Å². The van der Waals surface area contributed by atoms with E-state index >= 15 is 0 Å². The van der Waals surface area contributed by atoms with E-state index in [0.29, 0.717) is 0 Å². The van der Waals surface area contributed by atoms with Gasteiger partial charge in [-0.2, -0.15) is 0 Å². The van der Waals surface area contributed by atoms with Crippen molar-refractivity contribution in [3.05, 3.63) is 187 Å². The van der Waals surface area contributed by atoms with Crippen molar-refractivity contribution in [2.45, 2.75) is 19.3 Å². The van der Waals surface area contributed by atoms with Crippen LogP contribution in [-0.4, -0.2) is 0 Å². The van der Waals surface area contributed by atoms with E-state index < -0.39 is 0 Å². The first kappa shape index (κ1) is 31.5. The predicted octanol–water partition coefficient (Wildman–Crippen LogP) is 15.5. The maximum absolute atomic E-state index is 2.44. The number of fused-ring (bicyclic) bond motifs is 9. The Morgan fingerprint density at radius 2 is 0.981 bits per heavy atom. The van der Waals surface area contributed by atoms with Gasteiger partial charge in [0.2, 0.25) is 0 Å². The first-order valence-corrected chi connectivity index (χ1v) is 20.2. The number of nitrogens with zero attached hydrogens (tertiary/aromatic N) is 1. The van der Waals surface area contributed by atoms with Crippen molar-refractivity contribution in [2.75, 3.05) is 4.90 Å². The zero-order chi connectivity index (χ0) is 36.0. The van der Waals surface area contributed by atoms with E-state index in [1.807, 2.05) is 22.7 Å². The van der Waals surface area contributed by atoms with Crippen LogP contribution in [0.5, 0.6) is 0 Å². The molecule has 0 saturated carbocycles. The first-order valence-electron chi connectivity index (χ1n) is 18.6. The lowest BCUT2D eigenvalue weighted by Gasteiger charge is -2.29. The summed E-state index contributed by atoms with van der Waals surface area (Å²) in [6, 6.07) is 65.2. The van der Waals surface area contributed by atoms with Gasteiger partial charge in [0.15, 0.2) is 0 Å². The SMILES string of the molecule is CC1(C)c2ccccc2-c2ccc(N(c3cccc(-c4ccccc4)c3)c3cccc(-c4cccc5c4sc4cc6sc7ccccc7c6cc45)c3)cc21. The molecule has 0 radical (unpaired) electrons. The maximum atomic E-state index is 2.44. The fraction of sp³-hybridized carbons (Fsp3) is 0.0588. The molecule has 0 amide bonds. The third-order valence-corrected chi connectivity index (χ3v) is 13.8. The summed E-state index contributed by atoms with van der Waals surface area (Å²) in [6.07, 6.45) is 0. The molecule has 11 rings (SSSR count). The lowest BCUT2D eigenvalue weighted by molar-refractivity contribution is 0.660. The van der Waals surface area contributed by atoms with Crippen molar-refractivity contribution in [3.63, 3.8) is 0 Å². The molecule has 2 heterocycles. The molecule has 0 spiro atoms. The van der Waals surface area contributed by atoms with Crippen LogP contribution in [0.25, 0.3) is 73.7 Å². The lowest BCUT2D eigenvalue weighted by atomic mass is 9.82. The van der Waals surface area contributed by atoms with Gasteiger partial charge in [0.05, 0.1) is 0 Å². The van der Waals surface area contributed by atoms with Crippen molar-refractivity contribution in [2.24, 2.45) is 0 Å². The first-order chi connectivity index (χ1) is 26.5. The molecular weight excluding hydrogens is 691 g/mol. The highest BCUT2D eigenvalue weighted by molar-refractivity contribution is 7.28. The Labute approximate surface area is 323 Å². The molecule has 0 saturated heterocycles. The summed E-state index contributed by atoms with van der Waals surface area (Å²) in [6.45, 7) is 4.72. The lowest BCUT2D eigenvalue weighted by Crippen LogP contribution is -2.16. The van der Waals surface area contributed by atoms with Crippen LogP contribution in [0.2, 0.25) is 0 Å². The summed E-state index contributed by atoms with van der Waals surface area (Å²) < 4.78 is 5.38. The zero-order valence-corrected chi connectivity index (χ0v) is 31.6. The fourth-order valence-corrected chi connectivity index (χ4v) is 11.3. The Morgan fingerprint density at radius 1 is 0.370 bits per heavy atom. The maximum Gasteiger partial charge on any atom is 0.0467 e. The van der Waals surface area contributed by atoms with Crippen LogP contribution in [0.3, 0.4) is 0 Å². The van der Waals surface area contributed by atoms with E-state index in [2.05, 4.69) is 195 Å². The normalized spacial score (nSPS) is 13.1. The van der Waals surface area contributed by atoms with E-state index in [-0.39, 0.29) is 5.41 Å². The highest BCUT2D eigenvalue weighted by atomic mass is 32.1. The summed E-state index contributed by atoms with van der Waals surface area (Å²) in [5.74, 6) is 0. The van der Waals surface area contributed by atoms with E-state index in [9.17, 15) is 0 Å². The molecule has 0 atom stereocenters. The van der Waals surface area contributed by atoms with Crippen LogP contribution in [-0.2, 0) is 5.41 Å². The van der Waals surface area contributed by atoms with Gasteiger partial charge in [-0.05, 0) is 99.1 Å². The number of rotatable bonds is 5. The van der Waals surface area contributed by atoms with Gasteiger partial charge in [0.25, 0.3) is 0 Å². The Bertz CT molecular complexity index is 3090. The topological polar surface area (TPSA) is 3.24 Å². The summed E-state index contributed by atoms with van der Waals surface area (Å²) in [4.78, 5) is 2.44. The molecule has 1 aliphatic carbocycles. The molecule has 10 aromatic rings. The molecular formula is C51H35NS2. The number of hydrogen-bond acceptors (Lipinski definition) is 3. The van der Waals surface area contributed by atoms with Gasteiger partial charge in [-0.1, -0.05) is 135 Å². The molecule has 8 aromatic carbocycles. The molecule has 54 heavy (non-hydrogen) atoms. The number of hydrogen-bond donors (Lipinski definition) is 0. The molecule has 0 fully saturated rings. The Hall–Kier alpha value is -6.00. The van der Waals surface area contributed by atoms with Crippen molar-refractivity contribution in [1.82, 2.24) is 0 Å². The van der Waals surface area contributed by atoms with Crippen LogP contribution in [0.4, 0.5) is 17.1 Å². The molecule has 0 aliphatic heterocycles. The molecule has 3 heteroatoms. The minimum atomic E-state index is -0.0983. The Balaban J connectivity index is 1.08. The quantitative estimate of drug-likeness (QED) is 0.171. The van der Waals surface area contributed by atoms with Gasteiger partial charge >= 0.3 is 0 Å². The average molecular weight is 726 g/mol. The van der Waals surface area contributed by atoms with Crippen molar-refractivity contribution < 1.29 is 0 Å². The second-order valence-corrected chi connectivity index (χ2v) is 17.1. The van der Waals surface area contributed by atoms with Crippen molar-refractivity contribution >= 4 is 80.1 Å². The minimum absolute atomic E-state index is 0.0983. The van der Waals surface area contributed by atoms with Crippen LogP contribution < -0.4 is 4.90 Å². The van der Waals surface area contributed by atoms with E-state index in [1.54, 1.807) is 0 Å². The van der Waals surface area contributed by atoms with Crippen LogP contribution in [0.1, 0.15) is 25.0 Å². The Kier molecular flexibility index (Phi) is 7.01. The predicted molar refractivity (Wildman–Crippen MR) is 235 cm³/mol. The van der Waals surface area contributed by atoms with Crippen LogP contribution in [0.15, 0.2) is 176 Å². The van der Waals surface area contributed by atoms with Crippen molar-refractivity contribution in [1.29, 1.82) is 0 Å². The molecule has 0 bridgehead atoms. The minimum Gasteiger partial charge on any atom is -0.310 e. The molecule has 0 N–H and O–H groups in total. The summed E-state index contributed by atoms with van der Waals surface area (Å²) in [5.41, 5.74) is 13.7. The smallest absolute Gasteiger partial charge is 0.0467 e. The molecule has 2 aromatic heterocycles. The molecule has 1 aliphatic rings. The van der Waals surface area contributed by atoms with Gasteiger partial charge in [-0.3, -0.25) is 0 Å². The second-order valence-electron chi connectivity index (χ2n) is 14.9. The van der Waals surface area contributed by atoms with Gasteiger partial charge in [0, 0.05) is 62.8 Å². The van der Waals surface area contributed by atoms with Crippen LogP contribution >= 0.6 is 22.7 Å².